The van der Waals surface area contributed by atoms with Crippen molar-refractivity contribution < 1.29 is 18.3 Å². The van der Waals surface area contributed by atoms with Gasteiger partial charge in [0.2, 0.25) is 5.82 Å². The van der Waals surface area contributed by atoms with Gasteiger partial charge in [0.15, 0.2) is 11.6 Å². The first-order chi connectivity index (χ1) is 15.6. The number of rotatable bonds is 7. The van der Waals surface area contributed by atoms with Gasteiger partial charge in [0.05, 0.1) is 12.9 Å². The molecule has 1 unspecified atom stereocenters. The molecule has 0 amide bonds. The molecule has 0 radical (unpaired) electrons. The molecule has 1 atom stereocenters. The van der Waals surface area contributed by atoms with Crippen LogP contribution >= 0.6 is 0 Å². The highest BCUT2D eigenvalue weighted by Crippen LogP contribution is 2.44. The van der Waals surface area contributed by atoms with E-state index in [1.54, 1.807) is 19.3 Å². The molecule has 0 N–H and O–H groups in total. The molecule has 1 heterocycles. The second-order valence-corrected chi connectivity index (χ2v) is 10.3. The molecule has 1 aliphatic heterocycles. The topological polar surface area (TPSA) is 18.5 Å². The summed E-state index contributed by atoms with van der Waals surface area (Å²) < 4.78 is 40.1. The zero-order chi connectivity index (χ0) is 22.5. The summed E-state index contributed by atoms with van der Waals surface area (Å²) >= 11 is 0. The van der Waals surface area contributed by atoms with Gasteiger partial charge in [-0.25, -0.2) is 4.39 Å². The highest BCUT2D eigenvalue weighted by Gasteiger charge is 2.34. The summed E-state index contributed by atoms with van der Waals surface area (Å²) in [4.78, 5) is 0. The molecule has 178 valence electrons. The molecule has 1 aromatic carbocycles. The van der Waals surface area contributed by atoms with Crippen molar-refractivity contribution in [3.8, 4) is 5.75 Å². The van der Waals surface area contributed by atoms with Gasteiger partial charge in [-0.2, -0.15) is 4.39 Å². The van der Waals surface area contributed by atoms with E-state index < -0.39 is 11.6 Å². The highest BCUT2D eigenvalue weighted by atomic mass is 19.2. The van der Waals surface area contributed by atoms with Crippen molar-refractivity contribution in [2.75, 3.05) is 6.61 Å². The summed E-state index contributed by atoms with van der Waals surface area (Å²) in [7, 11) is 0. The van der Waals surface area contributed by atoms with Gasteiger partial charge >= 0.3 is 0 Å². The van der Waals surface area contributed by atoms with Gasteiger partial charge in [0.25, 0.3) is 0 Å². The molecule has 0 spiro atoms. The quantitative estimate of drug-likeness (QED) is 0.419. The zero-order valence-electron chi connectivity index (χ0n) is 19.9. The molecule has 2 nitrogen and oxygen atoms in total. The van der Waals surface area contributed by atoms with Crippen LogP contribution in [0.2, 0.25) is 0 Å². The lowest BCUT2D eigenvalue weighted by Crippen LogP contribution is -2.32. The fourth-order valence-corrected chi connectivity index (χ4v) is 6.53. The van der Waals surface area contributed by atoms with E-state index in [4.69, 9.17) is 9.47 Å². The third-order valence-corrected chi connectivity index (χ3v) is 8.37. The van der Waals surface area contributed by atoms with Crippen LogP contribution in [0.25, 0.3) is 5.57 Å². The molecule has 0 bridgehead atoms. The first-order valence-electron chi connectivity index (χ1n) is 13.1. The molecule has 0 saturated heterocycles. The van der Waals surface area contributed by atoms with Crippen LogP contribution < -0.4 is 4.74 Å². The maximum atomic E-state index is 14.6. The van der Waals surface area contributed by atoms with Gasteiger partial charge in [-0.1, -0.05) is 32.6 Å². The number of halogens is 2. The van der Waals surface area contributed by atoms with Crippen molar-refractivity contribution in [1.29, 1.82) is 0 Å². The van der Waals surface area contributed by atoms with Gasteiger partial charge in [-0.3, -0.25) is 0 Å². The van der Waals surface area contributed by atoms with E-state index in [0.29, 0.717) is 18.1 Å². The van der Waals surface area contributed by atoms with E-state index in [1.807, 2.05) is 0 Å². The van der Waals surface area contributed by atoms with E-state index in [-0.39, 0.29) is 11.9 Å². The first kappa shape index (κ1) is 23.6. The molecular formula is C28H40F2O2. The van der Waals surface area contributed by atoms with E-state index in [2.05, 4.69) is 6.92 Å². The van der Waals surface area contributed by atoms with Crippen molar-refractivity contribution in [3.05, 3.63) is 35.6 Å². The Bertz CT molecular complexity index is 774. The number of allylic oxidation sites excluding steroid dienone is 1. The minimum absolute atomic E-state index is 0.0282. The Morgan fingerprint density at radius 1 is 0.844 bits per heavy atom. The van der Waals surface area contributed by atoms with Crippen molar-refractivity contribution in [3.63, 3.8) is 0 Å². The van der Waals surface area contributed by atoms with Crippen molar-refractivity contribution in [1.82, 2.24) is 0 Å². The van der Waals surface area contributed by atoms with Crippen LogP contribution in [0.4, 0.5) is 8.78 Å². The zero-order valence-corrected chi connectivity index (χ0v) is 19.9. The minimum atomic E-state index is -0.908. The summed E-state index contributed by atoms with van der Waals surface area (Å²) in [6.07, 6.45) is 17.2. The molecule has 4 heteroatoms. The van der Waals surface area contributed by atoms with Crippen LogP contribution in [0, 0.1) is 35.3 Å². The van der Waals surface area contributed by atoms with Crippen LogP contribution in [0.5, 0.6) is 5.75 Å². The molecule has 1 aromatic rings. The fourth-order valence-electron chi connectivity index (χ4n) is 6.53. The molecule has 0 aromatic heterocycles. The van der Waals surface area contributed by atoms with E-state index in [9.17, 15) is 8.78 Å². The normalized spacial score (nSPS) is 31.0. The standard InChI is InChI=1S/C28H40F2O2/c1-3-5-19-6-8-20(9-7-19)21-10-12-22(13-11-21)25-16-14-23(18-32-25)24-15-17-26(31-4-2)28(30)27(24)29/h15,17-22,25H,3-14,16H2,1-2H3. The number of hydrogen-bond donors (Lipinski definition) is 0. The van der Waals surface area contributed by atoms with Crippen molar-refractivity contribution >= 4 is 5.57 Å². The van der Waals surface area contributed by atoms with Gasteiger partial charge in [0, 0.05) is 5.56 Å². The van der Waals surface area contributed by atoms with Crippen LogP contribution in [0.1, 0.15) is 96.5 Å². The van der Waals surface area contributed by atoms with E-state index >= 15 is 0 Å². The Balaban J connectivity index is 1.28. The third-order valence-electron chi connectivity index (χ3n) is 8.37. The first-order valence-corrected chi connectivity index (χ1v) is 13.1. The highest BCUT2D eigenvalue weighted by molar-refractivity contribution is 5.66. The average Bonchev–Trinajstić information content (AvgIpc) is 2.83. The lowest BCUT2D eigenvalue weighted by Gasteiger charge is -2.40. The summed E-state index contributed by atoms with van der Waals surface area (Å²) in [5, 5.41) is 0. The SMILES string of the molecule is CCCC1CCC(C2CCC(C3CCC(c4ccc(OCC)c(F)c4F)=CO3)CC2)CC1. The van der Waals surface area contributed by atoms with E-state index in [1.165, 1.54) is 70.3 Å². The van der Waals surface area contributed by atoms with Crippen LogP contribution in [0.15, 0.2) is 18.4 Å². The maximum Gasteiger partial charge on any atom is 0.201 e. The third kappa shape index (κ3) is 5.31. The molecule has 32 heavy (non-hydrogen) atoms. The van der Waals surface area contributed by atoms with Gasteiger partial charge in [0.1, 0.15) is 6.10 Å². The van der Waals surface area contributed by atoms with Gasteiger partial charge < -0.3 is 9.47 Å². The lowest BCUT2D eigenvalue weighted by atomic mass is 9.67. The lowest BCUT2D eigenvalue weighted by molar-refractivity contribution is 0.0344. The second kappa shape index (κ2) is 11.0. The van der Waals surface area contributed by atoms with Gasteiger partial charge in [-0.15, -0.1) is 0 Å². The molecule has 3 aliphatic rings. The average molecular weight is 447 g/mol. The summed E-state index contributed by atoms with van der Waals surface area (Å²) in [5.41, 5.74) is 1.05. The molecular weight excluding hydrogens is 406 g/mol. The minimum Gasteiger partial charge on any atom is -0.497 e. The second-order valence-electron chi connectivity index (χ2n) is 10.3. The number of benzene rings is 1. The summed E-state index contributed by atoms with van der Waals surface area (Å²) in [6.45, 7) is 4.38. The Morgan fingerprint density at radius 3 is 2.09 bits per heavy atom. The molecule has 2 aliphatic carbocycles. The van der Waals surface area contributed by atoms with Crippen LogP contribution in [-0.2, 0) is 4.74 Å². The molecule has 4 rings (SSSR count). The molecule has 2 fully saturated rings. The van der Waals surface area contributed by atoms with Crippen LogP contribution in [-0.4, -0.2) is 12.7 Å². The Kier molecular flexibility index (Phi) is 8.12. The van der Waals surface area contributed by atoms with Crippen LogP contribution in [0.3, 0.4) is 0 Å². The smallest absolute Gasteiger partial charge is 0.201 e. The summed E-state index contributed by atoms with van der Waals surface area (Å²) in [5.74, 6) is 1.66. The van der Waals surface area contributed by atoms with Gasteiger partial charge in [-0.05, 0) is 99.7 Å². The number of hydrogen-bond acceptors (Lipinski definition) is 2. The Hall–Kier alpha value is -1.58. The van der Waals surface area contributed by atoms with Crippen molar-refractivity contribution in [2.24, 2.45) is 23.7 Å². The predicted octanol–water partition coefficient (Wildman–Crippen LogP) is 8.30. The largest absolute Gasteiger partial charge is 0.497 e. The van der Waals surface area contributed by atoms with Crippen molar-refractivity contribution in [2.45, 2.75) is 97.0 Å². The molecule has 2 saturated carbocycles. The fraction of sp³-hybridized carbons (Fsp3) is 0.714. The monoisotopic (exact) mass is 446 g/mol. The Morgan fingerprint density at radius 2 is 1.50 bits per heavy atom. The number of ether oxygens (including phenoxy) is 2. The summed E-state index contributed by atoms with van der Waals surface area (Å²) in [6, 6.07) is 3.13. The predicted molar refractivity (Wildman–Crippen MR) is 125 cm³/mol. The Labute approximate surface area is 192 Å². The van der Waals surface area contributed by atoms with E-state index in [0.717, 1.165) is 36.2 Å². The maximum absolute atomic E-state index is 14.6.